The minimum Gasteiger partial charge on any atom is -0.463 e. The molecule has 0 fully saturated rings. The van der Waals surface area contributed by atoms with Crippen LogP contribution in [0.1, 0.15) is 26.7 Å². The molecule has 0 rings (SSSR count). The monoisotopic (exact) mass is 190 g/mol. The Kier molecular flexibility index (Phi) is 6.87. The molecule has 0 atom stereocenters. The van der Waals surface area contributed by atoms with Crippen LogP contribution in [0.3, 0.4) is 0 Å². The smallest absolute Gasteiger partial charge is 0.334 e. The molecule has 0 N–H and O–H groups in total. The third-order valence-electron chi connectivity index (χ3n) is 1.36. The van der Waals surface area contributed by atoms with Crippen LogP contribution < -0.4 is 0 Å². The zero-order chi connectivity index (χ0) is 9.40. The van der Waals surface area contributed by atoms with Crippen molar-refractivity contribution >= 4 is 17.6 Å². The van der Waals surface area contributed by atoms with Gasteiger partial charge in [-0.15, -0.1) is 11.6 Å². The van der Waals surface area contributed by atoms with Crippen molar-refractivity contribution < 1.29 is 9.53 Å². The van der Waals surface area contributed by atoms with Crippen LogP contribution in [0.2, 0.25) is 0 Å². The van der Waals surface area contributed by atoms with Crippen molar-refractivity contribution in [3.63, 3.8) is 0 Å². The van der Waals surface area contributed by atoms with Crippen molar-refractivity contribution in [3.05, 3.63) is 11.6 Å². The number of carbonyl (C=O) groups excluding carboxylic acids is 1. The van der Waals surface area contributed by atoms with Crippen LogP contribution in [0.4, 0.5) is 0 Å². The number of unbranched alkanes of at least 4 members (excludes halogenated alkanes) is 1. The van der Waals surface area contributed by atoms with Gasteiger partial charge in [0, 0.05) is 5.57 Å². The first kappa shape index (κ1) is 11.5. The van der Waals surface area contributed by atoms with Crippen molar-refractivity contribution in [2.75, 3.05) is 12.5 Å². The van der Waals surface area contributed by atoms with Gasteiger partial charge in [-0.1, -0.05) is 19.4 Å². The maximum Gasteiger partial charge on any atom is 0.334 e. The highest BCUT2D eigenvalue weighted by atomic mass is 35.5. The highest BCUT2D eigenvalue weighted by Crippen LogP contribution is 2.04. The molecule has 12 heavy (non-hydrogen) atoms. The fourth-order valence-corrected chi connectivity index (χ4v) is 0.953. The summed E-state index contributed by atoms with van der Waals surface area (Å²) < 4.78 is 4.80. The third-order valence-corrected chi connectivity index (χ3v) is 1.65. The molecule has 0 heterocycles. The lowest BCUT2D eigenvalue weighted by molar-refractivity contribution is -0.138. The van der Waals surface area contributed by atoms with Crippen LogP contribution in [0.5, 0.6) is 0 Å². The van der Waals surface area contributed by atoms with E-state index in [2.05, 4.69) is 0 Å². The highest BCUT2D eigenvalue weighted by Gasteiger charge is 2.07. The van der Waals surface area contributed by atoms with Crippen LogP contribution in [-0.2, 0) is 9.53 Å². The van der Waals surface area contributed by atoms with E-state index in [1.807, 2.05) is 13.0 Å². The molecule has 0 aliphatic carbocycles. The van der Waals surface area contributed by atoms with E-state index in [-0.39, 0.29) is 11.8 Å². The van der Waals surface area contributed by atoms with E-state index < -0.39 is 0 Å². The fraction of sp³-hybridized carbons (Fsp3) is 0.667. The first-order valence-electron chi connectivity index (χ1n) is 4.18. The molecule has 0 aromatic rings. The van der Waals surface area contributed by atoms with Gasteiger partial charge in [0.05, 0.1) is 12.5 Å². The van der Waals surface area contributed by atoms with Gasteiger partial charge in [0.15, 0.2) is 0 Å². The third kappa shape index (κ3) is 4.39. The Morgan fingerprint density at radius 3 is 2.58 bits per heavy atom. The SMILES string of the molecule is CCCC=C(CCl)C(=O)OCC. The molecule has 0 aliphatic heterocycles. The molecular weight excluding hydrogens is 176 g/mol. The number of hydrogen-bond donors (Lipinski definition) is 0. The van der Waals surface area contributed by atoms with Gasteiger partial charge in [-0.05, 0) is 13.3 Å². The number of rotatable bonds is 5. The van der Waals surface area contributed by atoms with Crippen molar-refractivity contribution in [1.29, 1.82) is 0 Å². The van der Waals surface area contributed by atoms with E-state index in [0.29, 0.717) is 12.2 Å². The quantitative estimate of drug-likeness (QED) is 0.378. The zero-order valence-corrected chi connectivity index (χ0v) is 8.36. The lowest BCUT2D eigenvalue weighted by Crippen LogP contribution is -2.08. The van der Waals surface area contributed by atoms with Crippen molar-refractivity contribution in [2.24, 2.45) is 0 Å². The average Bonchev–Trinajstić information content (AvgIpc) is 2.06. The van der Waals surface area contributed by atoms with Gasteiger partial charge in [-0.2, -0.15) is 0 Å². The maximum absolute atomic E-state index is 11.1. The van der Waals surface area contributed by atoms with E-state index in [4.69, 9.17) is 16.3 Å². The van der Waals surface area contributed by atoms with E-state index in [1.54, 1.807) is 6.92 Å². The summed E-state index contributed by atoms with van der Waals surface area (Å²) in [5, 5.41) is 0. The molecule has 0 radical (unpaired) electrons. The topological polar surface area (TPSA) is 26.3 Å². The molecule has 3 heteroatoms. The molecule has 2 nitrogen and oxygen atoms in total. The first-order chi connectivity index (χ1) is 5.76. The minimum atomic E-state index is -0.291. The second-order valence-corrected chi connectivity index (χ2v) is 2.64. The second kappa shape index (κ2) is 7.17. The summed E-state index contributed by atoms with van der Waals surface area (Å²) in [7, 11) is 0. The van der Waals surface area contributed by atoms with Gasteiger partial charge in [-0.25, -0.2) is 4.79 Å². The van der Waals surface area contributed by atoms with Crippen LogP contribution in [0.25, 0.3) is 0 Å². The van der Waals surface area contributed by atoms with Crippen molar-refractivity contribution in [3.8, 4) is 0 Å². The van der Waals surface area contributed by atoms with Crippen LogP contribution in [0, 0.1) is 0 Å². The summed E-state index contributed by atoms with van der Waals surface area (Å²) in [6, 6.07) is 0. The average molecular weight is 191 g/mol. The Balaban J connectivity index is 4.04. The Labute approximate surface area is 78.5 Å². The van der Waals surface area contributed by atoms with Crippen LogP contribution >= 0.6 is 11.6 Å². The van der Waals surface area contributed by atoms with E-state index >= 15 is 0 Å². The van der Waals surface area contributed by atoms with Crippen LogP contribution in [-0.4, -0.2) is 18.5 Å². The van der Waals surface area contributed by atoms with Gasteiger partial charge >= 0.3 is 5.97 Å². The largest absolute Gasteiger partial charge is 0.463 e. The summed E-state index contributed by atoms with van der Waals surface area (Å²) in [6.45, 7) is 4.23. The minimum absolute atomic E-state index is 0.235. The fourth-order valence-electron chi connectivity index (χ4n) is 0.735. The summed E-state index contributed by atoms with van der Waals surface area (Å²) in [5.74, 6) is -0.0558. The zero-order valence-electron chi connectivity index (χ0n) is 7.60. The lowest BCUT2D eigenvalue weighted by atomic mass is 10.2. The Bertz CT molecular complexity index is 164. The van der Waals surface area contributed by atoms with E-state index in [1.165, 1.54) is 0 Å². The van der Waals surface area contributed by atoms with Gasteiger partial charge in [0.25, 0.3) is 0 Å². The predicted octanol–water partition coefficient (Wildman–Crippen LogP) is 2.51. The molecule has 0 aromatic heterocycles. The number of allylic oxidation sites excluding steroid dienone is 1. The molecular formula is C9H15ClO2. The summed E-state index contributed by atoms with van der Waals surface area (Å²) in [4.78, 5) is 11.1. The Morgan fingerprint density at radius 1 is 1.50 bits per heavy atom. The molecule has 0 amide bonds. The summed E-state index contributed by atoms with van der Waals surface area (Å²) >= 11 is 5.56. The Morgan fingerprint density at radius 2 is 2.17 bits per heavy atom. The van der Waals surface area contributed by atoms with Gasteiger partial charge in [0.2, 0.25) is 0 Å². The number of carbonyl (C=O) groups is 1. The number of alkyl halides is 1. The normalized spacial score (nSPS) is 11.4. The van der Waals surface area contributed by atoms with Crippen molar-refractivity contribution in [1.82, 2.24) is 0 Å². The second-order valence-electron chi connectivity index (χ2n) is 2.37. The number of halogens is 1. The molecule has 0 saturated heterocycles. The molecule has 0 spiro atoms. The maximum atomic E-state index is 11.1. The predicted molar refractivity (Wildman–Crippen MR) is 50.3 cm³/mol. The summed E-state index contributed by atoms with van der Waals surface area (Å²) in [5.41, 5.74) is 0.570. The van der Waals surface area contributed by atoms with Gasteiger partial charge < -0.3 is 4.74 Å². The van der Waals surface area contributed by atoms with Crippen molar-refractivity contribution in [2.45, 2.75) is 26.7 Å². The molecule has 0 saturated carbocycles. The summed E-state index contributed by atoms with van der Waals surface area (Å²) in [6.07, 6.45) is 3.73. The highest BCUT2D eigenvalue weighted by molar-refractivity contribution is 6.22. The molecule has 0 bridgehead atoms. The van der Waals surface area contributed by atoms with Gasteiger partial charge in [0.1, 0.15) is 0 Å². The number of ether oxygens (including phenoxy) is 1. The molecule has 0 aliphatic rings. The molecule has 0 unspecified atom stereocenters. The van der Waals surface area contributed by atoms with E-state index in [9.17, 15) is 4.79 Å². The number of esters is 1. The lowest BCUT2D eigenvalue weighted by Gasteiger charge is -2.02. The van der Waals surface area contributed by atoms with Crippen LogP contribution in [0.15, 0.2) is 11.6 Å². The Hall–Kier alpha value is -0.500. The van der Waals surface area contributed by atoms with E-state index in [0.717, 1.165) is 12.8 Å². The number of hydrogen-bond acceptors (Lipinski definition) is 2. The first-order valence-corrected chi connectivity index (χ1v) is 4.71. The molecule has 70 valence electrons. The molecule has 0 aromatic carbocycles. The standard InChI is InChI=1S/C9H15ClO2/c1-3-5-6-8(7-10)9(11)12-4-2/h6H,3-5,7H2,1-2H3. The van der Waals surface area contributed by atoms with Gasteiger partial charge in [-0.3, -0.25) is 0 Å².